The maximum absolute atomic E-state index is 5.57. The van der Waals surface area contributed by atoms with Crippen LogP contribution in [0.2, 0.25) is 0 Å². The molecule has 76 valence electrons. The Labute approximate surface area is 86.2 Å². The van der Waals surface area contributed by atoms with E-state index < -0.39 is 0 Å². The molecule has 0 aliphatic heterocycles. The minimum Gasteiger partial charge on any atom is -0.382 e. The minimum atomic E-state index is 0.319. The number of hydrogen-bond acceptors (Lipinski definition) is 5. The summed E-state index contributed by atoms with van der Waals surface area (Å²) in [5, 5.41) is 11.6. The molecular formula is C9H10N6. The molecule has 1 aromatic carbocycles. The zero-order chi connectivity index (χ0) is 10.7. The predicted octanol–water partition coefficient (Wildman–Crippen LogP) is 1.59. The van der Waals surface area contributed by atoms with Gasteiger partial charge in [-0.15, -0.1) is 15.0 Å². The van der Waals surface area contributed by atoms with Gasteiger partial charge in [0.1, 0.15) is 5.82 Å². The van der Waals surface area contributed by atoms with E-state index in [1.165, 1.54) is 10.9 Å². The summed E-state index contributed by atoms with van der Waals surface area (Å²) in [6.45, 7) is 0. The van der Waals surface area contributed by atoms with Crippen molar-refractivity contribution < 1.29 is 0 Å². The van der Waals surface area contributed by atoms with E-state index in [1.807, 2.05) is 30.3 Å². The number of hydrogen-bond donors (Lipinski definition) is 2. The highest BCUT2D eigenvalue weighted by molar-refractivity contribution is 5.41. The van der Waals surface area contributed by atoms with Crippen LogP contribution in [-0.2, 0) is 0 Å². The van der Waals surface area contributed by atoms with E-state index in [0.717, 1.165) is 5.69 Å². The SMILES string of the molecule is Nc1cc(N)n(N=Nc2ccccc2)n1. The average molecular weight is 202 g/mol. The molecule has 6 heteroatoms. The Morgan fingerprint density at radius 1 is 1.13 bits per heavy atom. The maximum Gasteiger partial charge on any atom is 0.151 e. The summed E-state index contributed by atoms with van der Waals surface area (Å²) < 4.78 is 0. The first-order chi connectivity index (χ1) is 7.25. The van der Waals surface area contributed by atoms with Gasteiger partial charge in [-0.1, -0.05) is 18.2 Å². The number of rotatable bonds is 2. The average Bonchev–Trinajstić information content (AvgIpc) is 2.56. The minimum absolute atomic E-state index is 0.319. The molecule has 0 fully saturated rings. The molecule has 0 amide bonds. The summed E-state index contributed by atoms with van der Waals surface area (Å²) >= 11 is 0. The van der Waals surface area contributed by atoms with Crippen LogP contribution in [0.4, 0.5) is 17.3 Å². The maximum atomic E-state index is 5.57. The Morgan fingerprint density at radius 2 is 1.87 bits per heavy atom. The van der Waals surface area contributed by atoms with Crippen LogP contribution in [0.15, 0.2) is 46.7 Å². The first-order valence-electron chi connectivity index (χ1n) is 4.34. The Balaban J connectivity index is 2.22. The van der Waals surface area contributed by atoms with Gasteiger partial charge in [-0.2, -0.15) is 0 Å². The summed E-state index contributed by atoms with van der Waals surface area (Å²) in [6.07, 6.45) is 0. The van der Waals surface area contributed by atoms with Crippen molar-refractivity contribution in [3.8, 4) is 0 Å². The molecule has 0 radical (unpaired) electrons. The van der Waals surface area contributed by atoms with Crippen LogP contribution in [-0.4, -0.2) is 9.89 Å². The van der Waals surface area contributed by atoms with Crippen molar-refractivity contribution in [2.45, 2.75) is 0 Å². The summed E-state index contributed by atoms with van der Waals surface area (Å²) in [4.78, 5) is 1.18. The molecule has 2 aromatic rings. The summed E-state index contributed by atoms with van der Waals surface area (Å²) in [5.74, 6) is 0.673. The van der Waals surface area contributed by atoms with Gasteiger partial charge in [0.15, 0.2) is 5.82 Å². The standard InChI is InChI=1S/C9H10N6/c10-8-6-9(11)15(13-8)14-12-7-4-2-1-3-5-7/h1-6H,11H2,(H2,10,13). The third kappa shape index (κ3) is 2.11. The molecule has 4 N–H and O–H groups in total. The number of nitrogens with zero attached hydrogens (tertiary/aromatic N) is 4. The van der Waals surface area contributed by atoms with Gasteiger partial charge in [0, 0.05) is 6.07 Å². The zero-order valence-corrected chi connectivity index (χ0v) is 7.91. The number of nitrogen functional groups attached to an aromatic ring is 2. The van der Waals surface area contributed by atoms with Crippen molar-refractivity contribution in [3.63, 3.8) is 0 Å². The van der Waals surface area contributed by atoms with Crippen LogP contribution in [0.5, 0.6) is 0 Å². The summed E-state index contributed by atoms with van der Waals surface area (Å²) in [5.41, 5.74) is 11.7. The molecule has 6 nitrogen and oxygen atoms in total. The largest absolute Gasteiger partial charge is 0.382 e. The molecule has 1 heterocycles. The molecule has 0 saturated heterocycles. The molecule has 2 rings (SSSR count). The Kier molecular flexibility index (Phi) is 2.32. The quantitative estimate of drug-likeness (QED) is 0.724. The van der Waals surface area contributed by atoms with Crippen LogP contribution in [0, 0.1) is 0 Å². The zero-order valence-electron chi connectivity index (χ0n) is 7.91. The monoisotopic (exact) mass is 202 g/mol. The Morgan fingerprint density at radius 3 is 2.47 bits per heavy atom. The van der Waals surface area contributed by atoms with E-state index >= 15 is 0 Å². The van der Waals surface area contributed by atoms with Gasteiger partial charge >= 0.3 is 0 Å². The fourth-order valence-electron chi connectivity index (χ4n) is 1.07. The highest BCUT2D eigenvalue weighted by atomic mass is 15.6. The lowest BCUT2D eigenvalue weighted by atomic mass is 10.3. The second-order valence-corrected chi connectivity index (χ2v) is 2.91. The second-order valence-electron chi connectivity index (χ2n) is 2.91. The molecular weight excluding hydrogens is 192 g/mol. The number of anilines is 2. The summed E-state index contributed by atoms with van der Waals surface area (Å²) in [6, 6.07) is 10.8. The topological polar surface area (TPSA) is 94.6 Å². The van der Waals surface area contributed by atoms with Crippen molar-refractivity contribution >= 4 is 17.3 Å². The molecule has 0 aliphatic rings. The van der Waals surface area contributed by atoms with Gasteiger partial charge < -0.3 is 11.5 Å². The second kappa shape index (κ2) is 3.79. The Bertz CT molecular complexity index is 473. The van der Waals surface area contributed by atoms with Crippen molar-refractivity contribution in [1.29, 1.82) is 0 Å². The van der Waals surface area contributed by atoms with Crippen LogP contribution in [0.1, 0.15) is 0 Å². The van der Waals surface area contributed by atoms with Crippen LogP contribution in [0.3, 0.4) is 0 Å². The normalized spacial score (nSPS) is 10.9. The third-order valence-electron chi connectivity index (χ3n) is 1.74. The molecule has 0 atom stereocenters. The van der Waals surface area contributed by atoms with E-state index in [0.29, 0.717) is 11.6 Å². The molecule has 0 unspecified atom stereocenters. The van der Waals surface area contributed by atoms with Gasteiger partial charge in [-0.05, 0) is 17.4 Å². The number of nitrogens with two attached hydrogens (primary N) is 2. The molecule has 1 aromatic heterocycles. The van der Waals surface area contributed by atoms with Crippen LogP contribution in [0.25, 0.3) is 0 Å². The molecule has 15 heavy (non-hydrogen) atoms. The highest BCUT2D eigenvalue weighted by Crippen LogP contribution is 2.12. The highest BCUT2D eigenvalue weighted by Gasteiger charge is 1.99. The van der Waals surface area contributed by atoms with E-state index in [4.69, 9.17) is 11.5 Å². The number of benzene rings is 1. The summed E-state index contributed by atoms with van der Waals surface area (Å²) in [7, 11) is 0. The third-order valence-corrected chi connectivity index (χ3v) is 1.74. The van der Waals surface area contributed by atoms with E-state index in [9.17, 15) is 0 Å². The number of aromatic nitrogens is 2. The predicted molar refractivity (Wildman–Crippen MR) is 57.4 cm³/mol. The van der Waals surface area contributed by atoms with Gasteiger partial charge in [0.2, 0.25) is 0 Å². The van der Waals surface area contributed by atoms with Gasteiger partial charge in [0.05, 0.1) is 5.69 Å². The van der Waals surface area contributed by atoms with E-state index in [1.54, 1.807) is 0 Å². The first-order valence-corrected chi connectivity index (χ1v) is 4.34. The lowest BCUT2D eigenvalue weighted by Crippen LogP contribution is -1.96. The van der Waals surface area contributed by atoms with E-state index in [2.05, 4.69) is 15.4 Å². The van der Waals surface area contributed by atoms with Crippen molar-refractivity contribution in [3.05, 3.63) is 36.4 Å². The first kappa shape index (κ1) is 9.20. The van der Waals surface area contributed by atoms with E-state index in [-0.39, 0.29) is 0 Å². The Hall–Kier alpha value is -2.37. The van der Waals surface area contributed by atoms with Gasteiger partial charge in [0.25, 0.3) is 0 Å². The van der Waals surface area contributed by atoms with Gasteiger partial charge in [-0.3, -0.25) is 0 Å². The van der Waals surface area contributed by atoms with Crippen molar-refractivity contribution in [2.24, 2.45) is 10.3 Å². The van der Waals surface area contributed by atoms with Crippen LogP contribution >= 0.6 is 0 Å². The fraction of sp³-hybridized carbons (Fsp3) is 0. The lowest BCUT2D eigenvalue weighted by Gasteiger charge is -1.92. The van der Waals surface area contributed by atoms with Crippen molar-refractivity contribution in [1.82, 2.24) is 9.89 Å². The fourth-order valence-corrected chi connectivity index (χ4v) is 1.07. The lowest BCUT2D eigenvalue weighted by molar-refractivity contribution is 0.706. The molecule has 0 aliphatic carbocycles. The van der Waals surface area contributed by atoms with Crippen LogP contribution < -0.4 is 11.5 Å². The van der Waals surface area contributed by atoms with Crippen molar-refractivity contribution in [2.75, 3.05) is 11.5 Å². The molecule has 0 spiro atoms. The molecule has 0 saturated carbocycles. The van der Waals surface area contributed by atoms with Gasteiger partial charge in [-0.25, -0.2) is 0 Å². The molecule has 0 bridgehead atoms. The smallest absolute Gasteiger partial charge is 0.151 e.